The average Bonchev–Trinajstić information content (AvgIpc) is 2.86. The maximum Gasteiger partial charge on any atom is 0.196 e. The predicted molar refractivity (Wildman–Crippen MR) is 87.9 cm³/mol. The first kappa shape index (κ1) is 13.0. The minimum absolute atomic E-state index is 0.364. The molecule has 0 aliphatic heterocycles. The minimum atomic E-state index is 0.364. The van der Waals surface area contributed by atoms with Gasteiger partial charge in [0.05, 0.1) is 0 Å². The molecule has 2 aromatic heterocycles. The van der Waals surface area contributed by atoms with Gasteiger partial charge >= 0.3 is 0 Å². The van der Waals surface area contributed by atoms with Crippen LogP contribution in [0.25, 0.3) is 22.1 Å². The van der Waals surface area contributed by atoms with E-state index in [0.29, 0.717) is 4.75 Å². The number of anilines is 1. The first-order valence-electron chi connectivity index (χ1n) is 7.23. The van der Waals surface area contributed by atoms with E-state index < -0.39 is 0 Å². The molecule has 3 aromatic rings. The molecule has 0 atom stereocenters. The summed E-state index contributed by atoms with van der Waals surface area (Å²) in [6, 6.07) is 7.98. The molecule has 4 rings (SSSR count). The van der Waals surface area contributed by atoms with Crippen molar-refractivity contribution >= 4 is 39.6 Å². The van der Waals surface area contributed by atoms with Gasteiger partial charge in [-0.25, -0.2) is 9.97 Å². The van der Waals surface area contributed by atoms with Crippen molar-refractivity contribution in [1.82, 2.24) is 9.97 Å². The maximum atomic E-state index is 5.94. The van der Waals surface area contributed by atoms with Gasteiger partial charge in [0.25, 0.3) is 0 Å². The van der Waals surface area contributed by atoms with E-state index >= 15 is 0 Å². The number of nitrogens with zero attached hydrogens (tertiary/aromatic N) is 2. The fourth-order valence-electron chi connectivity index (χ4n) is 2.92. The van der Waals surface area contributed by atoms with Gasteiger partial charge in [0, 0.05) is 16.7 Å². The molecule has 0 saturated heterocycles. The fourth-order valence-corrected chi connectivity index (χ4v) is 3.83. The van der Waals surface area contributed by atoms with E-state index in [1.54, 1.807) is 6.33 Å². The number of hydrogen-bond acceptors (Lipinski definition) is 5. The van der Waals surface area contributed by atoms with Gasteiger partial charge in [0.2, 0.25) is 0 Å². The highest BCUT2D eigenvalue weighted by molar-refractivity contribution is 8.00. The maximum absolute atomic E-state index is 5.94. The summed E-state index contributed by atoms with van der Waals surface area (Å²) >= 11 is 1.95. The second-order valence-electron chi connectivity index (χ2n) is 5.59. The normalized spacial score (nSPS) is 17.0. The Bertz CT molecular complexity index is 789. The van der Waals surface area contributed by atoms with Crippen LogP contribution in [0.3, 0.4) is 0 Å². The number of nitrogens with one attached hydrogen (secondary N) is 1. The van der Waals surface area contributed by atoms with E-state index in [9.17, 15) is 0 Å². The minimum Gasteiger partial charge on any atom is -0.450 e. The fraction of sp³-hybridized carbons (Fsp3) is 0.375. The lowest BCUT2D eigenvalue weighted by Crippen LogP contribution is -2.40. The van der Waals surface area contributed by atoms with Gasteiger partial charge in [-0.1, -0.05) is 18.6 Å². The molecule has 1 aliphatic rings. The Balaban J connectivity index is 1.71. The molecule has 0 spiro atoms. The molecule has 1 aromatic carbocycles. The summed E-state index contributed by atoms with van der Waals surface area (Å²) in [5.74, 6) is 0.802. The third kappa shape index (κ3) is 2.07. The molecule has 0 bridgehead atoms. The smallest absolute Gasteiger partial charge is 0.196 e. The van der Waals surface area contributed by atoms with Crippen LogP contribution in [-0.4, -0.2) is 27.5 Å². The van der Waals surface area contributed by atoms with Crippen LogP contribution in [0.15, 0.2) is 35.0 Å². The molecule has 0 unspecified atom stereocenters. The van der Waals surface area contributed by atoms with Crippen molar-refractivity contribution in [3.05, 3.63) is 30.6 Å². The molecule has 108 valence electrons. The molecule has 21 heavy (non-hydrogen) atoms. The Morgan fingerprint density at radius 3 is 2.90 bits per heavy atom. The zero-order valence-electron chi connectivity index (χ0n) is 11.9. The standard InChI is InChI=1S/C16H17N3OS/c1-21-16(7-4-8-16)9-17-15-14-13(18-10-19-15)11-5-2-3-6-12(11)20-14/h2-3,5-6,10H,4,7-9H2,1H3,(H,17,18,19). The van der Waals surface area contributed by atoms with Gasteiger partial charge in [-0.2, -0.15) is 11.8 Å². The zero-order valence-corrected chi connectivity index (χ0v) is 12.7. The van der Waals surface area contributed by atoms with Crippen molar-refractivity contribution < 1.29 is 4.42 Å². The molecule has 4 nitrogen and oxygen atoms in total. The second-order valence-corrected chi connectivity index (χ2v) is 6.87. The third-order valence-electron chi connectivity index (χ3n) is 4.43. The van der Waals surface area contributed by atoms with Crippen LogP contribution in [0.2, 0.25) is 0 Å². The van der Waals surface area contributed by atoms with E-state index in [1.165, 1.54) is 19.3 Å². The van der Waals surface area contributed by atoms with Crippen LogP contribution in [0.4, 0.5) is 5.82 Å². The van der Waals surface area contributed by atoms with Crippen LogP contribution < -0.4 is 5.32 Å². The lowest BCUT2D eigenvalue weighted by molar-refractivity contribution is 0.379. The number of hydrogen-bond donors (Lipinski definition) is 1. The third-order valence-corrected chi connectivity index (χ3v) is 5.85. The SMILES string of the molecule is CSC1(CNc2ncnc3c2oc2ccccc23)CCC1. The number of para-hydroxylation sites is 1. The van der Waals surface area contributed by atoms with Gasteiger partial charge < -0.3 is 9.73 Å². The van der Waals surface area contributed by atoms with Gasteiger partial charge in [0.1, 0.15) is 17.4 Å². The average molecular weight is 299 g/mol. The summed E-state index contributed by atoms with van der Waals surface area (Å²) in [5.41, 5.74) is 2.50. The molecule has 1 saturated carbocycles. The monoisotopic (exact) mass is 299 g/mol. The van der Waals surface area contributed by atoms with E-state index in [-0.39, 0.29) is 0 Å². The van der Waals surface area contributed by atoms with Gasteiger partial charge in [-0.3, -0.25) is 0 Å². The largest absolute Gasteiger partial charge is 0.450 e. The van der Waals surface area contributed by atoms with Crippen molar-refractivity contribution in [2.75, 3.05) is 18.1 Å². The van der Waals surface area contributed by atoms with Crippen LogP contribution in [0, 0.1) is 0 Å². The number of aromatic nitrogens is 2. The topological polar surface area (TPSA) is 51.0 Å². The highest BCUT2D eigenvalue weighted by Gasteiger charge is 2.36. The van der Waals surface area contributed by atoms with Crippen molar-refractivity contribution in [2.45, 2.75) is 24.0 Å². The highest BCUT2D eigenvalue weighted by atomic mass is 32.2. The Morgan fingerprint density at radius 1 is 1.29 bits per heavy atom. The molecule has 1 N–H and O–H groups in total. The van der Waals surface area contributed by atoms with Crippen molar-refractivity contribution in [2.24, 2.45) is 0 Å². The summed E-state index contributed by atoms with van der Waals surface area (Å²) in [7, 11) is 0. The second kappa shape index (κ2) is 4.91. The van der Waals surface area contributed by atoms with Crippen molar-refractivity contribution in [3.63, 3.8) is 0 Å². The van der Waals surface area contributed by atoms with Gasteiger partial charge in [-0.05, 0) is 31.2 Å². The summed E-state index contributed by atoms with van der Waals surface area (Å²) in [6.45, 7) is 0.928. The first-order chi connectivity index (χ1) is 10.3. The molecule has 1 aliphatic carbocycles. The van der Waals surface area contributed by atoms with E-state index in [4.69, 9.17) is 4.42 Å². The Labute approximate surface area is 127 Å². The quantitative estimate of drug-likeness (QED) is 0.787. The number of rotatable bonds is 4. The Hall–Kier alpha value is -1.75. The Morgan fingerprint density at radius 2 is 2.14 bits per heavy atom. The number of fused-ring (bicyclic) bond motifs is 3. The Kier molecular flexibility index (Phi) is 3.03. The van der Waals surface area contributed by atoms with Crippen LogP contribution in [0.1, 0.15) is 19.3 Å². The molecule has 1 fully saturated rings. The van der Waals surface area contributed by atoms with E-state index in [2.05, 4.69) is 21.5 Å². The van der Waals surface area contributed by atoms with Gasteiger partial charge in [0.15, 0.2) is 11.4 Å². The molecule has 5 heteroatoms. The molecule has 0 amide bonds. The summed E-state index contributed by atoms with van der Waals surface area (Å²) in [5, 5.41) is 4.52. The van der Waals surface area contributed by atoms with Crippen molar-refractivity contribution in [1.29, 1.82) is 0 Å². The van der Waals surface area contributed by atoms with Crippen LogP contribution in [-0.2, 0) is 0 Å². The molecule has 0 radical (unpaired) electrons. The van der Waals surface area contributed by atoms with E-state index in [1.807, 2.05) is 36.0 Å². The molecule has 2 heterocycles. The zero-order chi connectivity index (χ0) is 14.3. The first-order valence-corrected chi connectivity index (χ1v) is 8.45. The number of thioether (sulfide) groups is 1. The molecular formula is C16H17N3OS. The van der Waals surface area contributed by atoms with E-state index in [0.717, 1.165) is 34.4 Å². The lowest BCUT2D eigenvalue weighted by Gasteiger charge is -2.40. The van der Waals surface area contributed by atoms with Crippen molar-refractivity contribution in [3.8, 4) is 0 Å². The number of furan rings is 1. The summed E-state index contributed by atoms with van der Waals surface area (Å²) in [6.07, 6.45) is 7.67. The van der Waals surface area contributed by atoms with Crippen LogP contribution in [0.5, 0.6) is 0 Å². The predicted octanol–water partition coefficient (Wildman–Crippen LogP) is 4.07. The highest BCUT2D eigenvalue weighted by Crippen LogP contribution is 2.43. The number of benzene rings is 1. The van der Waals surface area contributed by atoms with Gasteiger partial charge in [-0.15, -0.1) is 0 Å². The van der Waals surface area contributed by atoms with Crippen LogP contribution >= 0.6 is 11.8 Å². The summed E-state index contributed by atoms with van der Waals surface area (Å²) in [4.78, 5) is 8.75. The lowest BCUT2D eigenvalue weighted by atomic mass is 9.84. The molecular weight excluding hydrogens is 282 g/mol. The summed E-state index contributed by atoms with van der Waals surface area (Å²) < 4.78 is 6.30.